The molecule has 0 spiro atoms. The molecule has 0 fully saturated rings. The molecule has 0 rings (SSSR count). The van der Waals surface area contributed by atoms with Gasteiger partial charge in [-0.15, -0.1) is 0 Å². The van der Waals surface area contributed by atoms with Gasteiger partial charge in [0.1, 0.15) is 19.3 Å². The summed E-state index contributed by atoms with van der Waals surface area (Å²) in [4.78, 5) is 72.7. The molecule has 0 aromatic heterocycles. The lowest BCUT2D eigenvalue weighted by Crippen LogP contribution is -2.30. The van der Waals surface area contributed by atoms with Crippen LogP contribution >= 0.6 is 15.6 Å². The van der Waals surface area contributed by atoms with Gasteiger partial charge in [0.15, 0.2) is 12.2 Å². The van der Waals surface area contributed by atoms with E-state index >= 15 is 0 Å². The van der Waals surface area contributed by atoms with Crippen molar-refractivity contribution in [1.82, 2.24) is 0 Å². The van der Waals surface area contributed by atoms with Gasteiger partial charge in [-0.1, -0.05) is 356 Å². The maximum absolute atomic E-state index is 13.1. The average Bonchev–Trinajstić information content (AvgIpc) is 2.22. The van der Waals surface area contributed by atoms with Crippen LogP contribution in [-0.4, -0.2) is 96.7 Å². The Balaban J connectivity index is 5.17. The first-order valence-electron chi connectivity index (χ1n) is 40.2. The molecule has 17 nitrogen and oxygen atoms in total. The average molecular weight is 1410 g/mol. The topological polar surface area (TPSA) is 237 Å². The van der Waals surface area contributed by atoms with Crippen molar-refractivity contribution in [3.8, 4) is 0 Å². The Hall–Kier alpha value is -1.94. The molecule has 0 aromatic rings. The Morgan fingerprint density at radius 1 is 0.292 bits per heavy atom. The molecule has 0 heterocycles. The van der Waals surface area contributed by atoms with Crippen molar-refractivity contribution < 1.29 is 80.2 Å². The molecule has 0 amide bonds. The summed E-state index contributed by atoms with van der Waals surface area (Å²) < 4.78 is 68.4. The van der Waals surface area contributed by atoms with Crippen LogP contribution in [0.25, 0.3) is 0 Å². The maximum Gasteiger partial charge on any atom is 0.472 e. The first-order valence-corrected chi connectivity index (χ1v) is 43.2. The highest BCUT2D eigenvalue weighted by Gasteiger charge is 2.30. The second kappa shape index (κ2) is 70.1. The van der Waals surface area contributed by atoms with E-state index in [1.165, 1.54) is 218 Å². The van der Waals surface area contributed by atoms with Crippen molar-refractivity contribution in [1.29, 1.82) is 0 Å². The molecule has 0 aliphatic carbocycles. The number of phosphoric ester groups is 2. The normalized spacial score (nSPS) is 14.2. The Bertz CT molecular complexity index is 1840. The van der Waals surface area contributed by atoms with E-state index in [0.29, 0.717) is 25.7 Å². The zero-order valence-corrected chi connectivity index (χ0v) is 64.3. The second-order valence-electron chi connectivity index (χ2n) is 28.0. The molecule has 0 aliphatic heterocycles. The summed E-state index contributed by atoms with van der Waals surface area (Å²) in [6.45, 7) is 7.25. The second-order valence-corrected chi connectivity index (χ2v) is 30.9. The number of esters is 4. The number of aliphatic hydroxyl groups is 1. The molecule has 0 aliphatic rings. The van der Waals surface area contributed by atoms with Crippen molar-refractivity contribution in [3.63, 3.8) is 0 Å². The van der Waals surface area contributed by atoms with Crippen LogP contribution in [0.15, 0.2) is 0 Å². The quantitative estimate of drug-likeness (QED) is 0.0222. The van der Waals surface area contributed by atoms with E-state index < -0.39 is 97.5 Å². The van der Waals surface area contributed by atoms with Crippen LogP contribution < -0.4 is 0 Å². The number of carbonyl (C=O) groups excluding carboxylic acids is 4. The van der Waals surface area contributed by atoms with Gasteiger partial charge >= 0.3 is 39.5 Å². The van der Waals surface area contributed by atoms with Crippen molar-refractivity contribution in [2.75, 3.05) is 39.6 Å². The van der Waals surface area contributed by atoms with E-state index in [-0.39, 0.29) is 25.7 Å². The SMILES string of the molecule is CCCCCCCCCCCCCCCCCCCCCCCC(=O)O[C@H](COC(=O)CCCCCCCCCCCCCCCCCC)COP(=O)(O)OC[C@@H](O)COP(=O)(O)OC[C@@H](COC(=O)CCCCCCCCC)OC(=O)CCCCCCCCCCC(C)CC. The highest BCUT2D eigenvalue weighted by molar-refractivity contribution is 7.47. The standard InChI is InChI=1S/C77H150O17P2/c1-6-10-13-16-19-21-23-25-27-29-30-31-32-33-35-37-39-41-47-52-57-62-76(81)93-73(67-88-75(80)61-56-51-46-40-38-36-34-28-26-24-22-20-17-14-11-7-2)69-92-96(85,86)90-65-71(78)64-89-95(83,84)91-68-72(66-87-74(79)60-55-50-44-18-15-12-8-3)94-77(82)63-58-53-48-43-42-45-49-54-59-70(5)9-4/h70-73,78H,6-69H2,1-5H3,(H,83,84)(H,85,86)/t70?,71-,72+,73+/m0/s1. The molecule has 570 valence electrons. The van der Waals surface area contributed by atoms with Gasteiger partial charge in [-0.2, -0.15) is 0 Å². The molecule has 19 heteroatoms. The molecule has 0 bridgehead atoms. The number of unbranched alkanes of at least 4 members (excludes halogenated alkanes) is 48. The van der Waals surface area contributed by atoms with E-state index in [9.17, 15) is 43.2 Å². The molecular formula is C77H150O17P2. The third-order valence-corrected chi connectivity index (χ3v) is 20.3. The third kappa shape index (κ3) is 69.2. The highest BCUT2D eigenvalue weighted by atomic mass is 31.2. The van der Waals surface area contributed by atoms with E-state index in [2.05, 4.69) is 34.6 Å². The molecular weight excluding hydrogens is 1260 g/mol. The van der Waals surface area contributed by atoms with Crippen molar-refractivity contribution in [2.24, 2.45) is 5.92 Å². The van der Waals surface area contributed by atoms with E-state index in [1.807, 2.05) is 0 Å². The zero-order chi connectivity index (χ0) is 70.5. The summed E-state index contributed by atoms with van der Waals surface area (Å²) in [7, 11) is -9.91. The minimum atomic E-state index is -4.96. The van der Waals surface area contributed by atoms with E-state index in [4.69, 9.17) is 37.0 Å². The largest absolute Gasteiger partial charge is 0.472 e. The molecule has 0 aromatic carbocycles. The lowest BCUT2D eigenvalue weighted by atomic mass is 9.99. The molecule has 3 unspecified atom stereocenters. The monoisotopic (exact) mass is 1410 g/mol. The Labute approximate surface area is 588 Å². The first kappa shape index (κ1) is 94.1. The number of rotatable bonds is 77. The molecule has 3 N–H and O–H groups in total. The van der Waals surface area contributed by atoms with Crippen LogP contribution in [0.4, 0.5) is 0 Å². The van der Waals surface area contributed by atoms with Crippen molar-refractivity contribution in [2.45, 2.75) is 425 Å². The Kier molecular flexibility index (Phi) is 68.7. The van der Waals surface area contributed by atoms with E-state index in [1.54, 1.807) is 0 Å². The van der Waals surface area contributed by atoms with Crippen LogP contribution in [0.2, 0.25) is 0 Å². The van der Waals surface area contributed by atoms with Gasteiger partial charge in [-0.05, 0) is 31.6 Å². The summed E-state index contributed by atoms with van der Waals surface area (Å²) in [6.07, 6.45) is 59.9. The van der Waals surface area contributed by atoms with Crippen LogP contribution in [-0.2, 0) is 65.4 Å². The predicted octanol–water partition coefficient (Wildman–Crippen LogP) is 22.9. The minimum Gasteiger partial charge on any atom is -0.462 e. The van der Waals surface area contributed by atoms with Gasteiger partial charge in [-0.25, -0.2) is 9.13 Å². The fourth-order valence-corrected chi connectivity index (χ4v) is 13.4. The molecule has 6 atom stereocenters. The highest BCUT2D eigenvalue weighted by Crippen LogP contribution is 2.45. The molecule has 96 heavy (non-hydrogen) atoms. The van der Waals surface area contributed by atoms with Crippen LogP contribution in [0.1, 0.15) is 407 Å². The number of phosphoric acid groups is 2. The van der Waals surface area contributed by atoms with Crippen LogP contribution in [0.3, 0.4) is 0 Å². The fourth-order valence-electron chi connectivity index (χ4n) is 11.8. The van der Waals surface area contributed by atoms with Crippen molar-refractivity contribution >= 4 is 39.5 Å². The molecule has 0 saturated heterocycles. The number of hydrogen-bond donors (Lipinski definition) is 3. The molecule has 0 saturated carbocycles. The summed E-state index contributed by atoms with van der Waals surface area (Å²) in [6, 6.07) is 0. The van der Waals surface area contributed by atoms with Crippen molar-refractivity contribution in [3.05, 3.63) is 0 Å². The number of ether oxygens (including phenoxy) is 4. The summed E-state index contributed by atoms with van der Waals surface area (Å²) >= 11 is 0. The number of aliphatic hydroxyl groups excluding tert-OH is 1. The van der Waals surface area contributed by atoms with Gasteiger partial charge in [0, 0.05) is 25.7 Å². The van der Waals surface area contributed by atoms with Crippen LogP contribution in [0.5, 0.6) is 0 Å². The van der Waals surface area contributed by atoms with Gasteiger partial charge in [0.25, 0.3) is 0 Å². The summed E-state index contributed by atoms with van der Waals surface area (Å²) in [5, 5.41) is 10.6. The summed E-state index contributed by atoms with van der Waals surface area (Å²) in [5.74, 6) is -1.35. The summed E-state index contributed by atoms with van der Waals surface area (Å²) in [5.41, 5.74) is 0. The van der Waals surface area contributed by atoms with Crippen LogP contribution in [0, 0.1) is 5.92 Å². The number of carbonyl (C=O) groups is 4. The van der Waals surface area contributed by atoms with Gasteiger partial charge in [0.05, 0.1) is 26.4 Å². The van der Waals surface area contributed by atoms with Gasteiger partial charge < -0.3 is 33.8 Å². The third-order valence-electron chi connectivity index (χ3n) is 18.4. The minimum absolute atomic E-state index is 0.105. The first-order chi connectivity index (χ1) is 46.6. The molecule has 0 radical (unpaired) electrons. The zero-order valence-electron chi connectivity index (χ0n) is 62.5. The fraction of sp³-hybridized carbons (Fsp3) is 0.948. The number of hydrogen-bond acceptors (Lipinski definition) is 15. The lowest BCUT2D eigenvalue weighted by molar-refractivity contribution is -0.161. The Morgan fingerprint density at radius 3 is 0.740 bits per heavy atom. The lowest BCUT2D eigenvalue weighted by Gasteiger charge is -2.21. The Morgan fingerprint density at radius 2 is 0.500 bits per heavy atom. The predicted molar refractivity (Wildman–Crippen MR) is 391 cm³/mol. The van der Waals surface area contributed by atoms with Gasteiger partial charge in [0.2, 0.25) is 0 Å². The van der Waals surface area contributed by atoms with Gasteiger partial charge in [-0.3, -0.25) is 37.3 Å². The maximum atomic E-state index is 13.1. The smallest absolute Gasteiger partial charge is 0.462 e. The van der Waals surface area contributed by atoms with E-state index in [0.717, 1.165) is 109 Å².